The Bertz CT molecular complexity index is 489. The van der Waals surface area contributed by atoms with Crippen LogP contribution in [0, 0.1) is 0 Å². The van der Waals surface area contributed by atoms with Gasteiger partial charge in [0.1, 0.15) is 0 Å². The van der Waals surface area contributed by atoms with Crippen LogP contribution in [0.2, 0.25) is 0 Å². The molecule has 1 aliphatic carbocycles. The molecule has 16 heavy (non-hydrogen) atoms. The van der Waals surface area contributed by atoms with Crippen molar-refractivity contribution < 1.29 is 5.11 Å². The van der Waals surface area contributed by atoms with E-state index >= 15 is 0 Å². The van der Waals surface area contributed by atoms with Gasteiger partial charge in [-0.15, -0.1) is 0 Å². The van der Waals surface area contributed by atoms with Crippen LogP contribution in [0.15, 0.2) is 41.1 Å². The summed E-state index contributed by atoms with van der Waals surface area (Å²) in [5.41, 5.74) is 3.12. The summed E-state index contributed by atoms with van der Waals surface area (Å²) in [4.78, 5) is 0. The predicted octanol–water partition coefficient (Wildman–Crippen LogP) is 3.12. The zero-order chi connectivity index (χ0) is 11.0. The van der Waals surface area contributed by atoms with Crippen molar-refractivity contribution in [3.05, 3.63) is 57.8 Å². The topological polar surface area (TPSA) is 20.2 Å². The number of aliphatic hydroxyl groups is 1. The number of benzene rings is 1. The maximum atomic E-state index is 10.7. The summed E-state index contributed by atoms with van der Waals surface area (Å²) >= 11 is 1.65. The van der Waals surface area contributed by atoms with E-state index in [1.54, 1.807) is 11.3 Å². The van der Waals surface area contributed by atoms with E-state index in [0.29, 0.717) is 0 Å². The lowest BCUT2D eigenvalue weighted by molar-refractivity contribution is 0.0227. The second kappa shape index (κ2) is 3.72. The summed E-state index contributed by atoms with van der Waals surface area (Å²) in [6, 6.07) is 10.5. The largest absolute Gasteiger partial charge is 0.385 e. The first-order valence-corrected chi connectivity index (χ1v) is 6.54. The van der Waals surface area contributed by atoms with Gasteiger partial charge in [-0.2, -0.15) is 11.3 Å². The van der Waals surface area contributed by atoms with Crippen molar-refractivity contribution in [1.29, 1.82) is 0 Å². The lowest BCUT2D eigenvalue weighted by atomic mass is 9.77. The molecule has 1 aromatic carbocycles. The number of hydrogen-bond donors (Lipinski definition) is 1. The maximum absolute atomic E-state index is 10.7. The number of aryl methyl sites for hydroxylation is 1. The average Bonchev–Trinajstić information content (AvgIpc) is 2.83. The highest BCUT2D eigenvalue weighted by atomic mass is 32.1. The Morgan fingerprint density at radius 1 is 1.12 bits per heavy atom. The molecule has 1 aromatic heterocycles. The fourth-order valence-electron chi connectivity index (χ4n) is 2.49. The number of hydrogen-bond acceptors (Lipinski definition) is 2. The van der Waals surface area contributed by atoms with E-state index in [-0.39, 0.29) is 0 Å². The molecule has 1 N–H and O–H groups in total. The quantitative estimate of drug-likeness (QED) is 0.798. The summed E-state index contributed by atoms with van der Waals surface area (Å²) in [5.74, 6) is 0. The van der Waals surface area contributed by atoms with E-state index in [4.69, 9.17) is 0 Å². The van der Waals surface area contributed by atoms with Crippen molar-refractivity contribution >= 4 is 11.3 Å². The zero-order valence-electron chi connectivity index (χ0n) is 9.02. The van der Waals surface area contributed by atoms with Crippen molar-refractivity contribution in [2.75, 3.05) is 0 Å². The molecular weight excluding hydrogens is 216 g/mol. The predicted molar refractivity (Wildman–Crippen MR) is 66.7 cm³/mol. The van der Waals surface area contributed by atoms with Crippen molar-refractivity contribution in [1.82, 2.24) is 0 Å². The summed E-state index contributed by atoms with van der Waals surface area (Å²) in [6.07, 6.45) is 2.56. The molecular formula is C14H14OS. The molecule has 0 bridgehead atoms. The van der Waals surface area contributed by atoms with Crippen LogP contribution in [0.25, 0.3) is 0 Å². The Morgan fingerprint density at radius 2 is 1.94 bits per heavy atom. The maximum Gasteiger partial charge on any atom is 0.0948 e. The van der Waals surface area contributed by atoms with E-state index in [0.717, 1.165) is 24.8 Å². The minimum atomic E-state index is -0.644. The standard InChI is InChI=1S/C14H14OS/c15-14(13-6-8-16-10-13)7-5-11-3-1-2-4-12(11)9-14/h1-4,6,8,10,15H,5,7,9H2. The highest BCUT2D eigenvalue weighted by Crippen LogP contribution is 2.37. The molecule has 0 spiro atoms. The van der Waals surface area contributed by atoms with E-state index in [2.05, 4.69) is 29.6 Å². The van der Waals surface area contributed by atoms with Gasteiger partial charge in [-0.1, -0.05) is 24.3 Å². The van der Waals surface area contributed by atoms with Crippen LogP contribution >= 0.6 is 11.3 Å². The molecule has 2 heteroatoms. The lowest BCUT2D eigenvalue weighted by Crippen LogP contribution is -2.32. The Morgan fingerprint density at radius 3 is 2.69 bits per heavy atom. The first-order chi connectivity index (χ1) is 7.78. The van der Waals surface area contributed by atoms with Gasteiger partial charge in [-0.25, -0.2) is 0 Å². The number of fused-ring (bicyclic) bond motifs is 1. The Kier molecular flexibility index (Phi) is 2.34. The minimum absolute atomic E-state index is 0.644. The second-order valence-corrected chi connectivity index (χ2v) is 5.27. The number of rotatable bonds is 1. The molecule has 0 fully saturated rings. The fourth-order valence-corrected chi connectivity index (χ4v) is 3.24. The van der Waals surface area contributed by atoms with Gasteiger partial charge in [0.05, 0.1) is 5.60 Å². The van der Waals surface area contributed by atoms with E-state index in [1.165, 1.54) is 11.1 Å². The third-order valence-corrected chi connectivity index (χ3v) is 4.15. The van der Waals surface area contributed by atoms with Crippen molar-refractivity contribution in [3.8, 4) is 0 Å². The highest BCUT2D eigenvalue weighted by molar-refractivity contribution is 7.08. The lowest BCUT2D eigenvalue weighted by Gasteiger charge is -2.33. The molecule has 0 amide bonds. The van der Waals surface area contributed by atoms with Gasteiger partial charge in [-0.3, -0.25) is 0 Å². The fraction of sp³-hybridized carbons (Fsp3) is 0.286. The summed E-state index contributed by atoms with van der Waals surface area (Å²) < 4.78 is 0. The molecule has 1 unspecified atom stereocenters. The molecule has 0 aliphatic heterocycles. The molecule has 0 saturated heterocycles. The highest BCUT2D eigenvalue weighted by Gasteiger charge is 2.33. The molecule has 1 atom stereocenters. The average molecular weight is 230 g/mol. The smallest absolute Gasteiger partial charge is 0.0948 e. The van der Waals surface area contributed by atoms with Gasteiger partial charge in [0.25, 0.3) is 0 Å². The van der Waals surface area contributed by atoms with Crippen molar-refractivity contribution in [3.63, 3.8) is 0 Å². The molecule has 0 saturated carbocycles. The zero-order valence-corrected chi connectivity index (χ0v) is 9.83. The van der Waals surface area contributed by atoms with E-state index in [1.807, 2.05) is 11.4 Å². The molecule has 3 rings (SSSR count). The van der Waals surface area contributed by atoms with Crippen LogP contribution in [0.3, 0.4) is 0 Å². The van der Waals surface area contributed by atoms with E-state index < -0.39 is 5.60 Å². The third-order valence-electron chi connectivity index (χ3n) is 3.47. The number of thiophene rings is 1. The monoisotopic (exact) mass is 230 g/mol. The van der Waals surface area contributed by atoms with Crippen LogP contribution in [-0.2, 0) is 18.4 Å². The van der Waals surface area contributed by atoms with Gasteiger partial charge < -0.3 is 5.11 Å². The van der Waals surface area contributed by atoms with Crippen LogP contribution in [0.1, 0.15) is 23.1 Å². The second-order valence-electron chi connectivity index (χ2n) is 4.49. The van der Waals surface area contributed by atoms with Crippen LogP contribution in [0.5, 0.6) is 0 Å². The molecule has 0 radical (unpaired) electrons. The third kappa shape index (κ3) is 1.58. The van der Waals surface area contributed by atoms with Crippen LogP contribution < -0.4 is 0 Å². The summed E-state index contributed by atoms with van der Waals surface area (Å²) in [5, 5.41) is 14.8. The Hall–Kier alpha value is -1.12. The normalized spacial score (nSPS) is 24.1. The van der Waals surface area contributed by atoms with Gasteiger partial charge in [0.15, 0.2) is 0 Å². The summed E-state index contributed by atoms with van der Waals surface area (Å²) in [6.45, 7) is 0. The Labute approximate surface area is 99.4 Å². The first kappa shape index (κ1) is 10.1. The first-order valence-electron chi connectivity index (χ1n) is 5.60. The van der Waals surface area contributed by atoms with Gasteiger partial charge in [0, 0.05) is 6.42 Å². The SMILES string of the molecule is OC1(c2ccsc2)CCc2ccccc2C1. The van der Waals surface area contributed by atoms with Crippen LogP contribution in [0.4, 0.5) is 0 Å². The van der Waals surface area contributed by atoms with Gasteiger partial charge >= 0.3 is 0 Å². The molecule has 1 nitrogen and oxygen atoms in total. The van der Waals surface area contributed by atoms with Crippen LogP contribution in [-0.4, -0.2) is 5.11 Å². The van der Waals surface area contributed by atoms with Gasteiger partial charge in [0.2, 0.25) is 0 Å². The summed E-state index contributed by atoms with van der Waals surface area (Å²) in [7, 11) is 0. The van der Waals surface area contributed by atoms with E-state index in [9.17, 15) is 5.11 Å². The molecule has 2 aromatic rings. The van der Waals surface area contributed by atoms with Gasteiger partial charge in [-0.05, 0) is 46.4 Å². The van der Waals surface area contributed by atoms with Crippen molar-refractivity contribution in [2.24, 2.45) is 0 Å². The minimum Gasteiger partial charge on any atom is -0.385 e. The Balaban J connectivity index is 1.98. The van der Waals surface area contributed by atoms with Crippen molar-refractivity contribution in [2.45, 2.75) is 24.9 Å². The molecule has 82 valence electrons. The molecule has 1 heterocycles. The molecule has 1 aliphatic rings.